The fourth-order valence-corrected chi connectivity index (χ4v) is 4.12. The van der Waals surface area contributed by atoms with Gasteiger partial charge < -0.3 is 9.80 Å². The highest BCUT2D eigenvalue weighted by Crippen LogP contribution is 2.25. The summed E-state index contributed by atoms with van der Waals surface area (Å²) < 4.78 is 28.1. The van der Waals surface area contributed by atoms with E-state index < -0.39 is 10.0 Å². The second kappa shape index (κ2) is 6.99. The fourth-order valence-electron chi connectivity index (χ4n) is 3.01. The summed E-state index contributed by atoms with van der Waals surface area (Å²) in [6.07, 6.45) is 0.745. The highest BCUT2D eigenvalue weighted by atomic mass is 32.2. The minimum absolute atomic E-state index is 0.00279. The van der Waals surface area contributed by atoms with Crippen LogP contribution in [0.25, 0.3) is 0 Å². The van der Waals surface area contributed by atoms with Crippen LogP contribution in [0, 0.1) is 0 Å². The Morgan fingerprint density at radius 2 is 1.77 bits per heavy atom. The monoisotopic (exact) mass is 373 g/mol. The lowest BCUT2D eigenvalue weighted by Crippen LogP contribution is -2.34. The van der Waals surface area contributed by atoms with Crippen molar-refractivity contribution >= 4 is 27.3 Å². The molecule has 0 radical (unpaired) electrons. The summed E-state index contributed by atoms with van der Waals surface area (Å²) in [7, 11) is 0.170. The summed E-state index contributed by atoms with van der Waals surface area (Å²) >= 11 is 0. The molecule has 0 saturated heterocycles. The lowest BCUT2D eigenvalue weighted by Gasteiger charge is -2.28. The van der Waals surface area contributed by atoms with Gasteiger partial charge in [0.1, 0.15) is 0 Å². The van der Waals surface area contributed by atoms with Crippen molar-refractivity contribution in [3.63, 3.8) is 0 Å². The Morgan fingerprint density at radius 3 is 2.38 bits per heavy atom. The zero-order valence-electron chi connectivity index (χ0n) is 15.2. The molecule has 0 aromatic heterocycles. The topological polar surface area (TPSA) is 69.7 Å². The molecule has 0 fully saturated rings. The number of anilines is 2. The van der Waals surface area contributed by atoms with Crippen LogP contribution in [0.1, 0.15) is 18.1 Å². The number of sulfonamides is 1. The van der Waals surface area contributed by atoms with Crippen LogP contribution < -0.4 is 9.62 Å². The molecule has 26 heavy (non-hydrogen) atoms. The molecule has 0 atom stereocenters. The average Bonchev–Trinajstić information content (AvgIpc) is 2.60. The molecule has 1 N–H and O–H groups in total. The van der Waals surface area contributed by atoms with Crippen molar-refractivity contribution in [3.8, 4) is 0 Å². The van der Waals surface area contributed by atoms with Gasteiger partial charge in [0.05, 0.1) is 4.90 Å². The third-order valence-electron chi connectivity index (χ3n) is 4.58. The van der Waals surface area contributed by atoms with Crippen LogP contribution in [0.2, 0.25) is 0 Å². The third-order valence-corrected chi connectivity index (χ3v) is 5.96. The van der Waals surface area contributed by atoms with Crippen LogP contribution in [-0.4, -0.2) is 39.9 Å². The first-order chi connectivity index (χ1) is 12.3. The van der Waals surface area contributed by atoms with Crippen molar-refractivity contribution in [2.45, 2.75) is 24.8 Å². The van der Waals surface area contributed by atoms with E-state index in [1.54, 1.807) is 29.2 Å². The molecule has 0 bridgehead atoms. The summed E-state index contributed by atoms with van der Waals surface area (Å²) in [6, 6.07) is 12.3. The second-order valence-corrected chi connectivity index (χ2v) is 8.35. The number of amides is 1. The van der Waals surface area contributed by atoms with Gasteiger partial charge in [0.15, 0.2) is 0 Å². The molecule has 1 aliphatic heterocycles. The third kappa shape index (κ3) is 3.83. The van der Waals surface area contributed by atoms with Crippen molar-refractivity contribution in [1.82, 2.24) is 4.90 Å². The number of hydrogen-bond donors (Lipinski definition) is 1. The van der Waals surface area contributed by atoms with E-state index in [0.717, 1.165) is 23.2 Å². The molecule has 1 heterocycles. The molecular weight excluding hydrogens is 350 g/mol. The van der Waals surface area contributed by atoms with Crippen molar-refractivity contribution in [3.05, 3.63) is 53.6 Å². The first kappa shape index (κ1) is 18.3. The number of carbonyl (C=O) groups is 1. The molecule has 1 amide bonds. The maximum Gasteiger partial charge on any atom is 0.261 e. The highest BCUT2D eigenvalue weighted by molar-refractivity contribution is 7.92. The first-order valence-corrected chi connectivity index (χ1v) is 9.92. The normalized spacial score (nSPS) is 13.9. The molecule has 7 heteroatoms. The molecule has 0 aliphatic carbocycles. The minimum atomic E-state index is -3.68. The Hall–Kier alpha value is -2.54. The lowest BCUT2D eigenvalue weighted by atomic mass is 10.00. The molecule has 1 aliphatic rings. The van der Waals surface area contributed by atoms with Gasteiger partial charge in [-0.3, -0.25) is 9.52 Å². The summed E-state index contributed by atoms with van der Waals surface area (Å²) in [5.41, 5.74) is 3.49. The Balaban J connectivity index is 1.83. The summed E-state index contributed by atoms with van der Waals surface area (Å²) in [5, 5.41) is 0. The summed E-state index contributed by atoms with van der Waals surface area (Å²) in [6.45, 7) is 2.65. The van der Waals surface area contributed by atoms with Crippen LogP contribution in [0.4, 0.5) is 11.4 Å². The van der Waals surface area contributed by atoms with E-state index in [-0.39, 0.29) is 10.8 Å². The highest BCUT2D eigenvalue weighted by Gasteiger charge is 2.21. The van der Waals surface area contributed by atoms with Gasteiger partial charge in [0.25, 0.3) is 10.0 Å². The molecule has 0 spiro atoms. The van der Waals surface area contributed by atoms with Crippen LogP contribution in [-0.2, 0) is 27.8 Å². The number of nitrogens with one attached hydrogen (secondary N) is 1. The number of rotatable bonds is 4. The molecule has 138 valence electrons. The van der Waals surface area contributed by atoms with Crippen molar-refractivity contribution < 1.29 is 13.2 Å². The molecule has 6 nitrogen and oxygen atoms in total. The van der Waals surface area contributed by atoms with E-state index in [1.807, 2.05) is 37.2 Å². The largest absolute Gasteiger partial charge is 0.378 e. The van der Waals surface area contributed by atoms with E-state index in [9.17, 15) is 13.2 Å². The van der Waals surface area contributed by atoms with Crippen molar-refractivity contribution in [2.24, 2.45) is 0 Å². The minimum Gasteiger partial charge on any atom is -0.378 e. The van der Waals surface area contributed by atoms with E-state index >= 15 is 0 Å². The maximum absolute atomic E-state index is 12.7. The van der Waals surface area contributed by atoms with Gasteiger partial charge in [-0.15, -0.1) is 0 Å². The summed E-state index contributed by atoms with van der Waals surface area (Å²) in [4.78, 5) is 15.5. The first-order valence-electron chi connectivity index (χ1n) is 8.44. The predicted octanol–water partition coefficient (Wildman–Crippen LogP) is 2.46. The predicted molar refractivity (Wildman–Crippen MR) is 103 cm³/mol. The average molecular weight is 373 g/mol. The van der Waals surface area contributed by atoms with E-state index in [0.29, 0.717) is 18.8 Å². The SMILES string of the molecule is CC(=O)N1CCc2ccc(S(=O)(=O)Nc3ccc(N(C)C)cc3)cc2C1. The van der Waals surface area contributed by atoms with Gasteiger partial charge in [-0.1, -0.05) is 6.07 Å². The molecule has 2 aromatic rings. The zero-order valence-corrected chi connectivity index (χ0v) is 16.0. The zero-order chi connectivity index (χ0) is 18.9. The van der Waals surface area contributed by atoms with Crippen LogP contribution in [0.3, 0.4) is 0 Å². The Labute approximate surface area is 154 Å². The van der Waals surface area contributed by atoms with Gasteiger partial charge >= 0.3 is 0 Å². The fraction of sp³-hybridized carbons (Fsp3) is 0.316. The van der Waals surface area contributed by atoms with E-state index in [4.69, 9.17) is 0 Å². The van der Waals surface area contributed by atoms with E-state index in [2.05, 4.69) is 4.72 Å². The smallest absolute Gasteiger partial charge is 0.261 e. The van der Waals surface area contributed by atoms with Crippen molar-refractivity contribution in [2.75, 3.05) is 30.3 Å². The van der Waals surface area contributed by atoms with Gasteiger partial charge in [-0.25, -0.2) is 8.42 Å². The van der Waals surface area contributed by atoms with Gasteiger partial charge in [-0.2, -0.15) is 0 Å². The van der Waals surface area contributed by atoms with E-state index in [1.165, 1.54) is 6.92 Å². The van der Waals surface area contributed by atoms with Crippen LogP contribution >= 0.6 is 0 Å². The number of carbonyl (C=O) groups excluding carboxylic acids is 1. The molecule has 0 unspecified atom stereocenters. The molecule has 3 rings (SSSR count). The van der Waals surface area contributed by atoms with Crippen LogP contribution in [0.5, 0.6) is 0 Å². The van der Waals surface area contributed by atoms with Gasteiger partial charge in [0.2, 0.25) is 5.91 Å². The quantitative estimate of drug-likeness (QED) is 0.894. The standard InChI is InChI=1S/C19H23N3O3S/c1-14(23)22-11-10-15-4-9-19(12-16(15)13-22)26(24,25)20-17-5-7-18(8-6-17)21(2)3/h4-9,12,20H,10-11,13H2,1-3H3. The number of nitrogens with zero attached hydrogens (tertiary/aromatic N) is 2. The van der Waals surface area contributed by atoms with Gasteiger partial charge in [-0.05, 0) is 53.9 Å². The number of benzene rings is 2. The Bertz CT molecular complexity index is 922. The van der Waals surface area contributed by atoms with Crippen molar-refractivity contribution in [1.29, 1.82) is 0 Å². The molecule has 2 aromatic carbocycles. The second-order valence-electron chi connectivity index (χ2n) is 6.67. The van der Waals surface area contributed by atoms with Crippen LogP contribution in [0.15, 0.2) is 47.4 Å². The summed E-state index contributed by atoms with van der Waals surface area (Å²) in [5.74, 6) is 0.00279. The van der Waals surface area contributed by atoms with Gasteiger partial charge in [0, 0.05) is 45.5 Å². The molecular formula is C19H23N3O3S. The Morgan fingerprint density at radius 1 is 1.08 bits per heavy atom. The molecule has 0 saturated carbocycles. The number of hydrogen-bond acceptors (Lipinski definition) is 4. The Kier molecular flexibility index (Phi) is 4.91. The number of fused-ring (bicyclic) bond motifs is 1. The maximum atomic E-state index is 12.7. The lowest BCUT2D eigenvalue weighted by molar-refractivity contribution is -0.129.